The van der Waals surface area contributed by atoms with Crippen molar-refractivity contribution in [3.05, 3.63) is 41.5 Å². The van der Waals surface area contributed by atoms with E-state index in [1.165, 1.54) is 24.3 Å². The highest BCUT2D eigenvalue weighted by Crippen LogP contribution is 2.43. The van der Waals surface area contributed by atoms with E-state index in [9.17, 15) is 40.5 Å². The average Bonchev–Trinajstić information content (AvgIpc) is 2.75. The molecule has 4 rings (SSSR count). The third-order valence-electron chi connectivity index (χ3n) is 5.45. The van der Waals surface area contributed by atoms with E-state index in [0.29, 0.717) is 5.56 Å². The monoisotopic (exact) mass is 450 g/mol. The molecular formula is C21H22O11. The zero-order valence-corrected chi connectivity index (χ0v) is 16.5. The summed E-state index contributed by atoms with van der Waals surface area (Å²) in [5.74, 6) is -1.69. The van der Waals surface area contributed by atoms with Crippen LogP contribution >= 0.6 is 0 Å². The number of hydrogen-bond acceptors (Lipinski definition) is 11. The van der Waals surface area contributed by atoms with Gasteiger partial charge >= 0.3 is 0 Å². The number of aromatic hydroxyl groups is 3. The standard InChI is InChI=1S/C21H22O11/c22-7-16-18(27)19(28)20(29)21(32-16)30-9-4-12(25)17-13(26)6-14(31-15(17)5-9)8-1-2-10(23)11(24)3-8/h1-5,14,16,18-25,27-29H,6-7H2/t14-,16+,18-,19-,20-,21-/m1/s1. The highest BCUT2D eigenvalue weighted by Gasteiger charge is 2.45. The average molecular weight is 450 g/mol. The molecule has 0 radical (unpaired) electrons. The fourth-order valence-corrected chi connectivity index (χ4v) is 3.71. The van der Waals surface area contributed by atoms with Crippen molar-refractivity contribution in [2.24, 2.45) is 0 Å². The molecule has 11 heteroatoms. The summed E-state index contributed by atoms with van der Waals surface area (Å²) in [5, 5.41) is 68.8. The van der Waals surface area contributed by atoms with Crippen molar-refractivity contribution in [1.29, 1.82) is 0 Å². The van der Waals surface area contributed by atoms with Gasteiger partial charge in [0, 0.05) is 12.1 Å². The van der Waals surface area contributed by atoms with Gasteiger partial charge < -0.3 is 50.0 Å². The number of fused-ring (bicyclic) bond motifs is 1. The molecule has 2 heterocycles. The number of ether oxygens (including phenoxy) is 3. The first kappa shape index (κ1) is 22.1. The molecule has 0 bridgehead atoms. The number of phenolic OH excluding ortho intramolecular Hbond substituents is 3. The van der Waals surface area contributed by atoms with E-state index in [-0.39, 0.29) is 35.0 Å². The number of aliphatic hydroxyl groups is 4. The molecule has 2 aromatic carbocycles. The minimum Gasteiger partial charge on any atom is -0.507 e. The van der Waals surface area contributed by atoms with E-state index >= 15 is 0 Å². The van der Waals surface area contributed by atoms with Crippen LogP contribution in [-0.2, 0) is 4.74 Å². The van der Waals surface area contributed by atoms with Gasteiger partial charge in [-0.1, -0.05) is 6.07 Å². The molecule has 0 amide bonds. The molecule has 2 aromatic rings. The maximum atomic E-state index is 12.6. The van der Waals surface area contributed by atoms with Gasteiger partial charge in [0.05, 0.1) is 13.0 Å². The molecule has 0 aliphatic carbocycles. The molecule has 0 saturated carbocycles. The molecule has 0 unspecified atom stereocenters. The summed E-state index contributed by atoms with van der Waals surface area (Å²) < 4.78 is 16.6. The van der Waals surface area contributed by atoms with Gasteiger partial charge in [-0.2, -0.15) is 0 Å². The lowest BCUT2D eigenvalue weighted by atomic mass is 9.95. The number of Topliss-reactive ketones (excluding diaryl/α,β-unsaturated/α-hetero) is 1. The Bertz CT molecular complexity index is 1020. The second kappa shape index (κ2) is 8.45. The Morgan fingerprint density at radius 3 is 2.38 bits per heavy atom. The number of ketones is 1. The Kier molecular flexibility index (Phi) is 5.84. The van der Waals surface area contributed by atoms with Crippen molar-refractivity contribution in [3.63, 3.8) is 0 Å². The zero-order valence-electron chi connectivity index (χ0n) is 16.5. The molecule has 6 atom stereocenters. The van der Waals surface area contributed by atoms with E-state index in [0.717, 1.165) is 6.07 Å². The Morgan fingerprint density at radius 2 is 1.69 bits per heavy atom. The van der Waals surface area contributed by atoms with Gasteiger partial charge in [-0.25, -0.2) is 0 Å². The molecule has 172 valence electrons. The lowest BCUT2D eigenvalue weighted by Crippen LogP contribution is -2.60. The zero-order chi connectivity index (χ0) is 23.2. The molecule has 1 fully saturated rings. The van der Waals surface area contributed by atoms with Crippen LogP contribution in [0.15, 0.2) is 30.3 Å². The van der Waals surface area contributed by atoms with E-state index < -0.39 is 54.9 Å². The summed E-state index contributed by atoms with van der Waals surface area (Å²) in [4.78, 5) is 12.6. The van der Waals surface area contributed by atoms with Crippen LogP contribution in [0.5, 0.6) is 28.7 Å². The smallest absolute Gasteiger partial charge is 0.229 e. The maximum absolute atomic E-state index is 12.6. The Morgan fingerprint density at radius 1 is 0.938 bits per heavy atom. The first-order valence-corrected chi connectivity index (χ1v) is 9.75. The summed E-state index contributed by atoms with van der Waals surface area (Å²) in [5.41, 5.74) is 0.337. The summed E-state index contributed by atoms with van der Waals surface area (Å²) in [7, 11) is 0. The van der Waals surface area contributed by atoms with Crippen LogP contribution in [0.1, 0.15) is 28.4 Å². The van der Waals surface area contributed by atoms with Crippen LogP contribution in [0, 0.1) is 0 Å². The Labute approximate surface area is 181 Å². The molecule has 1 saturated heterocycles. The van der Waals surface area contributed by atoms with Gasteiger partial charge in [-0.15, -0.1) is 0 Å². The second-order valence-electron chi connectivity index (χ2n) is 7.61. The summed E-state index contributed by atoms with van der Waals surface area (Å²) in [6.45, 7) is -0.640. The summed E-state index contributed by atoms with van der Waals surface area (Å²) in [6.07, 6.45) is -8.50. The van der Waals surface area contributed by atoms with Gasteiger partial charge in [0.25, 0.3) is 0 Å². The predicted octanol–water partition coefficient (Wildman–Crippen LogP) is -0.311. The maximum Gasteiger partial charge on any atom is 0.229 e. The van der Waals surface area contributed by atoms with Gasteiger partial charge in [0.15, 0.2) is 17.3 Å². The normalized spacial score (nSPS) is 29.8. The molecule has 2 aliphatic heterocycles. The minimum absolute atomic E-state index is 0.0293. The van der Waals surface area contributed by atoms with E-state index in [1.807, 2.05) is 0 Å². The van der Waals surface area contributed by atoms with Crippen molar-refractivity contribution in [2.45, 2.75) is 43.2 Å². The largest absolute Gasteiger partial charge is 0.507 e. The van der Waals surface area contributed by atoms with Gasteiger partial charge in [0.1, 0.15) is 53.3 Å². The molecular weight excluding hydrogens is 428 g/mol. The van der Waals surface area contributed by atoms with Crippen molar-refractivity contribution >= 4 is 5.78 Å². The first-order valence-electron chi connectivity index (χ1n) is 9.75. The van der Waals surface area contributed by atoms with Crippen molar-refractivity contribution < 1.29 is 54.8 Å². The van der Waals surface area contributed by atoms with Crippen LogP contribution in [-0.4, -0.2) is 78.8 Å². The fraction of sp³-hybridized carbons (Fsp3) is 0.381. The van der Waals surface area contributed by atoms with Gasteiger partial charge in [-0.3, -0.25) is 4.79 Å². The second-order valence-corrected chi connectivity index (χ2v) is 7.61. The van der Waals surface area contributed by atoms with Crippen LogP contribution in [0.3, 0.4) is 0 Å². The lowest BCUT2D eigenvalue weighted by molar-refractivity contribution is -0.277. The molecule has 32 heavy (non-hydrogen) atoms. The molecule has 11 nitrogen and oxygen atoms in total. The van der Waals surface area contributed by atoms with Crippen LogP contribution in [0.2, 0.25) is 0 Å². The topological polar surface area (TPSA) is 186 Å². The molecule has 7 N–H and O–H groups in total. The third kappa shape index (κ3) is 3.92. The van der Waals surface area contributed by atoms with Crippen molar-refractivity contribution in [3.8, 4) is 28.7 Å². The highest BCUT2D eigenvalue weighted by atomic mass is 16.7. The van der Waals surface area contributed by atoms with E-state index in [4.69, 9.17) is 14.2 Å². The number of carbonyl (C=O) groups is 1. The highest BCUT2D eigenvalue weighted by molar-refractivity contribution is 6.02. The number of hydrogen-bond donors (Lipinski definition) is 7. The fourth-order valence-electron chi connectivity index (χ4n) is 3.71. The van der Waals surface area contributed by atoms with Crippen LogP contribution in [0.25, 0.3) is 0 Å². The number of phenols is 3. The van der Waals surface area contributed by atoms with Crippen molar-refractivity contribution in [2.75, 3.05) is 6.61 Å². The van der Waals surface area contributed by atoms with E-state index in [1.54, 1.807) is 0 Å². The molecule has 0 aromatic heterocycles. The number of carbonyl (C=O) groups excluding carboxylic acids is 1. The van der Waals surface area contributed by atoms with Crippen molar-refractivity contribution in [1.82, 2.24) is 0 Å². The SMILES string of the molecule is O=C1C[C@H](c2ccc(O)c(O)c2)Oc2cc(O[C@@H]3O[C@@H](CO)[C@@H](O)[C@@H](O)[C@H]3O)cc(O)c21. The third-order valence-corrected chi connectivity index (χ3v) is 5.45. The molecule has 0 spiro atoms. The van der Waals surface area contributed by atoms with Gasteiger partial charge in [-0.05, 0) is 17.7 Å². The lowest BCUT2D eigenvalue weighted by Gasteiger charge is -2.39. The number of rotatable bonds is 4. The Hall–Kier alpha value is -3.09. The number of aliphatic hydroxyl groups excluding tert-OH is 4. The minimum atomic E-state index is -1.67. The van der Waals surface area contributed by atoms with Crippen LogP contribution in [0.4, 0.5) is 0 Å². The van der Waals surface area contributed by atoms with E-state index in [2.05, 4.69) is 0 Å². The predicted molar refractivity (Wildman–Crippen MR) is 105 cm³/mol. The quantitative estimate of drug-likeness (QED) is 0.303. The first-order chi connectivity index (χ1) is 15.2. The summed E-state index contributed by atoms with van der Waals surface area (Å²) in [6, 6.07) is 6.37. The molecule has 2 aliphatic rings. The number of benzene rings is 2. The van der Waals surface area contributed by atoms with Crippen LogP contribution < -0.4 is 9.47 Å². The summed E-state index contributed by atoms with van der Waals surface area (Å²) >= 11 is 0. The Balaban J connectivity index is 1.60. The van der Waals surface area contributed by atoms with Gasteiger partial charge in [0.2, 0.25) is 6.29 Å².